The Balaban J connectivity index is -0.000000368. The lowest BCUT2D eigenvalue weighted by atomic mass is 10.1. The van der Waals surface area contributed by atoms with Crippen LogP contribution >= 0.6 is 0 Å². The van der Waals surface area contributed by atoms with Crippen LogP contribution in [-0.2, 0) is 10.4 Å². The lowest BCUT2D eigenvalue weighted by Gasteiger charge is -2.30. The summed E-state index contributed by atoms with van der Waals surface area (Å²) in [5.41, 5.74) is 0. The summed E-state index contributed by atoms with van der Waals surface area (Å²) in [4.78, 5) is 1.17. The molecule has 0 fully saturated rings. The summed E-state index contributed by atoms with van der Waals surface area (Å²) in [5, 5.41) is 35.4. The van der Waals surface area contributed by atoms with Gasteiger partial charge in [-0.3, -0.25) is 9.11 Å². The number of aliphatic hydroxyl groups excluding tert-OH is 4. The third-order valence-corrected chi connectivity index (χ3v) is 3.81. The second-order valence-corrected chi connectivity index (χ2v) is 7.59. The summed E-state index contributed by atoms with van der Waals surface area (Å²) in [6.45, 7) is 7.09. The zero-order valence-electron chi connectivity index (χ0n) is 17.9. The maximum atomic E-state index is 8.96. The molecule has 0 aliphatic carbocycles. The molecule has 0 rings (SSSR count). The van der Waals surface area contributed by atoms with Crippen molar-refractivity contribution in [3.05, 3.63) is 0 Å². The highest BCUT2D eigenvalue weighted by atomic mass is 32.3. The second kappa shape index (κ2) is 21.4. The highest BCUT2D eigenvalue weighted by molar-refractivity contribution is 7.79. The van der Waals surface area contributed by atoms with Gasteiger partial charge in [-0.25, -0.2) is 4.90 Å². The fourth-order valence-corrected chi connectivity index (χ4v) is 2.54. The number of hydrogen-bond acceptors (Lipinski definition) is 7. The zero-order chi connectivity index (χ0) is 22.6. The first-order valence-electron chi connectivity index (χ1n) is 10.0. The van der Waals surface area contributed by atoms with E-state index in [1.807, 2.05) is 0 Å². The molecule has 0 aliphatic heterocycles. The fraction of sp³-hybridized carbons (Fsp3) is 1.00. The standard InChI is InChI=1S/C12H26O.C6H15NO3.H2O4S/c1-2-3-4-5-6-7-8-9-10-11-12-13;1-4(8)7(5(2)9)6(3)10;1-5(2,3)4/h13H,2-12H2,1H3;4-6,8-10H,1-3H3;(H2,1,2,3,4). The van der Waals surface area contributed by atoms with Gasteiger partial charge in [0.1, 0.15) is 18.7 Å². The Morgan fingerprint density at radius 2 is 0.929 bits per heavy atom. The van der Waals surface area contributed by atoms with Gasteiger partial charge in [-0.05, 0) is 27.2 Å². The van der Waals surface area contributed by atoms with Gasteiger partial charge in [-0.15, -0.1) is 0 Å². The van der Waals surface area contributed by atoms with Crippen LogP contribution in [0.2, 0.25) is 0 Å². The first-order valence-corrected chi connectivity index (χ1v) is 11.4. The molecule has 0 aliphatic rings. The molecule has 0 bridgehead atoms. The molecule has 0 aromatic carbocycles. The lowest BCUT2D eigenvalue weighted by Crippen LogP contribution is -2.45. The molecule has 0 amide bonds. The monoisotopic (exact) mass is 433 g/mol. The summed E-state index contributed by atoms with van der Waals surface area (Å²) in [6, 6.07) is 0. The molecule has 3 atom stereocenters. The molecule has 28 heavy (non-hydrogen) atoms. The molecule has 0 saturated carbocycles. The Kier molecular flexibility index (Phi) is 24.7. The molecule has 6 N–H and O–H groups in total. The molecule has 0 radical (unpaired) electrons. The second-order valence-electron chi connectivity index (χ2n) is 6.70. The Morgan fingerprint density at radius 1 is 0.679 bits per heavy atom. The molecule has 10 heteroatoms. The van der Waals surface area contributed by atoms with Crippen LogP contribution in [0, 0.1) is 0 Å². The smallest absolute Gasteiger partial charge is 0.394 e. The zero-order valence-corrected chi connectivity index (χ0v) is 18.7. The van der Waals surface area contributed by atoms with E-state index in [-0.39, 0.29) is 0 Å². The van der Waals surface area contributed by atoms with E-state index in [2.05, 4.69) is 6.92 Å². The Labute approximate surface area is 171 Å². The van der Waals surface area contributed by atoms with Crippen molar-refractivity contribution in [3.8, 4) is 0 Å². The first kappa shape index (κ1) is 32.3. The molecule has 9 nitrogen and oxygen atoms in total. The van der Waals surface area contributed by atoms with Gasteiger partial charge in [0, 0.05) is 6.61 Å². The van der Waals surface area contributed by atoms with Gasteiger partial charge in [-0.2, -0.15) is 8.42 Å². The number of hydrogen-bond donors (Lipinski definition) is 6. The van der Waals surface area contributed by atoms with Crippen LogP contribution < -0.4 is 0 Å². The highest BCUT2D eigenvalue weighted by Gasteiger charge is 2.20. The van der Waals surface area contributed by atoms with E-state index in [1.165, 1.54) is 83.5 Å². The van der Waals surface area contributed by atoms with E-state index in [4.69, 9.17) is 37.9 Å². The van der Waals surface area contributed by atoms with E-state index < -0.39 is 29.1 Å². The minimum absolute atomic E-state index is 0.372. The Hall–Kier alpha value is -0.330. The van der Waals surface area contributed by atoms with E-state index in [1.54, 1.807) is 0 Å². The summed E-state index contributed by atoms with van der Waals surface area (Å²) in [5.74, 6) is 0. The minimum Gasteiger partial charge on any atom is -0.396 e. The van der Waals surface area contributed by atoms with E-state index in [9.17, 15) is 0 Å². The van der Waals surface area contributed by atoms with Gasteiger partial charge < -0.3 is 20.4 Å². The van der Waals surface area contributed by atoms with E-state index >= 15 is 0 Å². The van der Waals surface area contributed by atoms with Crippen LogP contribution in [0.4, 0.5) is 0 Å². The SMILES string of the molecule is CC(O)N(C(C)O)C(C)O.CCCCCCCCCCCCO.O=S(=O)(O)O. The van der Waals surface area contributed by atoms with Gasteiger partial charge in [0.25, 0.3) is 0 Å². The molecular formula is C18H43NO8S. The molecule has 0 saturated heterocycles. The Bertz CT molecular complexity index is 365. The quantitative estimate of drug-likeness (QED) is 0.146. The number of nitrogens with zero attached hydrogens (tertiary/aromatic N) is 1. The fourth-order valence-electron chi connectivity index (χ4n) is 2.54. The van der Waals surface area contributed by atoms with E-state index in [0.29, 0.717) is 6.61 Å². The van der Waals surface area contributed by atoms with Crippen LogP contribution in [0.3, 0.4) is 0 Å². The van der Waals surface area contributed by atoms with Crippen molar-refractivity contribution in [2.45, 2.75) is 111 Å². The molecule has 0 aromatic heterocycles. The van der Waals surface area contributed by atoms with E-state index in [0.717, 1.165) is 6.42 Å². The summed E-state index contributed by atoms with van der Waals surface area (Å²) >= 11 is 0. The van der Waals surface area contributed by atoms with Crippen LogP contribution in [0.15, 0.2) is 0 Å². The number of rotatable bonds is 13. The summed E-state index contributed by atoms with van der Waals surface area (Å²) in [7, 11) is -4.67. The maximum Gasteiger partial charge on any atom is 0.394 e. The minimum atomic E-state index is -4.67. The van der Waals surface area contributed by atoms with Gasteiger partial charge in [0.05, 0.1) is 0 Å². The van der Waals surface area contributed by atoms with Crippen LogP contribution in [0.1, 0.15) is 91.9 Å². The highest BCUT2D eigenvalue weighted by Crippen LogP contribution is 2.10. The van der Waals surface area contributed by atoms with Gasteiger partial charge >= 0.3 is 10.4 Å². The van der Waals surface area contributed by atoms with Crippen molar-refractivity contribution >= 4 is 10.4 Å². The summed E-state index contributed by atoms with van der Waals surface area (Å²) < 4.78 is 31.6. The third-order valence-electron chi connectivity index (χ3n) is 3.81. The topological polar surface area (TPSA) is 159 Å². The molecule has 0 heterocycles. The molecule has 0 aromatic rings. The van der Waals surface area contributed by atoms with Gasteiger partial charge in [0.15, 0.2) is 0 Å². The predicted molar refractivity (Wildman–Crippen MR) is 110 cm³/mol. The Morgan fingerprint density at radius 3 is 1.11 bits per heavy atom. The van der Waals surface area contributed by atoms with Crippen molar-refractivity contribution in [2.24, 2.45) is 0 Å². The predicted octanol–water partition coefficient (Wildman–Crippen LogP) is 2.55. The van der Waals surface area contributed by atoms with Crippen molar-refractivity contribution in [1.29, 1.82) is 0 Å². The average Bonchev–Trinajstić information content (AvgIpc) is 2.51. The largest absolute Gasteiger partial charge is 0.396 e. The number of aliphatic hydroxyl groups is 4. The normalized spacial score (nSPS) is 14.4. The third kappa shape index (κ3) is 33.3. The summed E-state index contributed by atoms with van der Waals surface area (Å²) in [6.07, 6.45) is 10.8. The molecule has 174 valence electrons. The van der Waals surface area contributed by atoms with Crippen LogP contribution in [0.25, 0.3) is 0 Å². The van der Waals surface area contributed by atoms with Crippen LogP contribution in [0.5, 0.6) is 0 Å². The van der Waals surface area contributed by atoms with Crippen LogP contribution in [-0.4, -0.2) is 68.1 Å². The van der Waals surface area contributed by atoms with Gasteiger partial charge in [-0.1, -0.05) is 64.7 Å². The molecular weight excluding hydrogens is 390 g/mol. The number of unbranched alkanes of at least 4 members (excludes halogenated alkanes) is 9. The lowest BCUT2D eigenvalue weighted by molar-refractivity contribution is -0.159. The molecule has 3 unspecified atom stereocenters. The van der Waals surface area contributed by atoms with Gasteiger partial charge in [0.2, 0.25) is 0 Å². The van der Waals surface area contributed by atoms with Crippen molar-refractivity contribution in [3.63, 3.8) is 0 Å². The van der Waals surface area contributed by atoms with Crippen molar-refractivity contribution in [2.75, 3.05) is 6.61 Å². The first-order chi connectivity index (χ1) is 12.9. The molecule has 0 spiro atoms. The van der Waals surface area contributed by atoms with Crippen molar-refractivity contribution < 1.29 is 37.9 Å². The maximum absolute atomic E-state index is 8.96. The van der Waals surface area contributed by atoms with Crippen molar-refractivity contribution in [1.82, 2.24) is 4.90 Å². The average molecular weight is 434 g/mol.